The summed E-state index contributed by atoms with van der Waals surface area (Å²) >= 11 is 0. The Balaban J connectivity index is 2.00. The number of rotatable bonds is 2. The highest BCUT2D eigenvalue weighted by Gasteiger charge is 2.20. The number of amides is 1. The summed E-state index contributed by atoms with van der Waals surface area (Å²) in [6, 6.07) is 7.60. The van der Waals surface area contributed by atoms with Crippen LogP contribution in [0.3, 0.4) is 0 Å². The van der Waals surface area contributed by atoms with Crippen molar-refractivity contribution in [2.24, 2.45) is 5.73 Å². The highest BCUT2D eigenvalue weighted by atomic mass is 16.3. The van der Waals surface area contributed by atoms with Crippen LogP contribution >= 0.6 is 0 Å². The zero-order valence-corrected chi connectivity index (χ0v) is 11.7. The maximum atomic E-state index is 11.9. The molecule has 104 valence electrons. The van der Waals surface area contributed by atoms with Gasteiger partial charge in [-0.1, -0.05) is 12.1 Å². The molecule has 3 rings (SSSR count). The van der Waals surface area contributed by atoms with Crippen molar-refractivity contribution < 1.29 is 9.21 Å². The Morgan fingerprint density at radius 2 is 2.10 bits per heavy atom. The van der Waals surface area contributed by atoms with E-state index in [2.05, 4.69) is 5.32 Å². The Kier molecular flexibility index (Phi) is 3.10. The molecule has 0 saturated heterocycles. The summed E-state index contributed by atoms with van der Waals surface area (Å²) in [5.41, 5.74) is 10.0. The van der Waals surface area contributed by atoms with E-state index >= 15 is 0 Å². The SMILES string of the molecule is Cc1cc(C(N)c2ccc3c(c2)C(=O)NCC3)c(C)o1. The molecule has 1 amide bonds. The van der Waals surface area contributed by atoms with Crippen molar-refractivity contribution >= 4 is 5.91 Å². The molecular weight excluding hydrogens is 252 g/mol. The minimum atomic E-state index is -0.271. The van der Waals surface area contributed by atoms with Crippen LogP contribution in [0.4, 0.5) is 0 Å². The van der Waals surface area contributed by atoms with Crippen LogP contribution in [0.25, 0.3) is 0 Å². The number of benzene rings is 1. The first-order valence-electron chi connectivity index (χ1n) is 6.80. The first-order valence-corrected chi connectivity index (χ1v) is 6.80. The summed E-state index contributed by atoms with van der Waals surface area (Å²) in [4.78, 5) is 11.9. The fourth-order valence-corrected chi connectivity index (χ4v) is 2.76. The average molecular weight is 270 g/mol. The van der Waals surface area contributed by atoms with Crippen LogP contribution in [-0.2, 0) is 6.42 Å². The van der Waals surface area contributed by atoms with Crippen molar-refractivity contribution in [1.82, 2.24) is 5.32 Å². The van der Waals surface area contributed by atoms with Gasteiger partial charge >= 0.3 is 0 Å². The third kappa shape index (κ3) is 2.12. The van der Waals surface area contributed by atoms with E-state index in [1.807, 2.05) is 38.1 Å². The topological polar surface area (TPSA) is 68.3 Å². The Morgan fingerprint density at radius 3 is 2.80 bits per heavy atom. The van der Waals surface area contributed by atoms with Crippen molar-refractivity contribution in [1.29, 1.82) is 0 Å². The molecule has 20 heavy (non-hydrogen) atoms. The Bertz CT molecular complexity index is 673. The van der Waals surface area contributed by atoms with Gasteiger partial charge in [-0.2, -0.15) is 0 Å². The van der Waals surface area contributed by atoms with Gasteiger partial charge in [0.1, 0.15) is 11.5 Å². The van der Waals surface area contributed by atoms with Crippen LogP contribution in [0, 0.1) is 13.8 Å². The minimum absolute atomic E-state index is 0.0135. The van der Waals surface area contributed by atoms with Crippen LogP contribution in [0.15, 0.2) is 28.7 Å². The summed E-state index contributed by atoms with van der Waals surface area (Å²) in [5.74, 6) is 1.67. The average Bonchev–Trinajstić information content (AvgIpc) is 2.77. The van der Waals surface area contributed by atoms with Gasteiger partial charge in [-0.15, -0.1) is 0 Å². The summed E-state index contributed by atoms with van der Waals surface area (Å²) in [7, 11) is 0. The van der Waals surface area contributed by atoms with E-state index < -0.39 is 0 Å². The van der Waals surface area contributed by atoms with E-state index in [1.54, 1.807) is 0 Å². The molecule has 1 aliphatic heterocycles. The maximum Gasteiger partial charge on any atom is 0.251 e. The Labute approximate surface area is 118 Å². The van der Waals surface area contributed by atoms with Crippen molar-refractivity contribution in [3.8, 4) is 0 Å². The van der Waals surface area contributed by atoms with Gasteiger partial charge in [-0.3, -0.25) is 4.79 Å². The molecule has 0 aliphatic carbocycles. The van der Waals surface area contributed by atoms with Crippen LogP contribution in [-0.4, -0.2) is 12.5 Å². The summed E-state index contributed by atoms with van der Waals surface area (Å²) < 4.78 is 5.53. The number of carbonyl (C=O) groups excluding carboxylic acids is 1. The lowest BCUT2D eigenvalue weighted by atomic mass is 9.93. The molecule has 0 bridgehead atoms. The van der Waals surface area contributed by atoms with E-state index in [0.29, 0.717) is 6.54 Å². The molecule has 0 radical (unpaired) electrons. The second kappa shape index (κ2) is 4.80. The number of aryl methyl sites for hydroxylation is 2. The highest BCUT2D eigenvalue weighted by Crippen LogP contribution is 2.27. The number of nitrogens with one attached hydrogen (secondary N) is 1. The normalized spacial score (nSPS) is 15.7. The lowest BCUT2D eigenvalue weighted by Gasteiger charge is -2.19. The molecule has 1 aromatic carbocycles. The predicted molar refractivity (Wildman–Crippen MR) is 76.7 cm³/mol. The molecule has 1 aromatic heterocycles. The summed E-state index contributed by atoms with van der Waals surface area (Å²) in [5, 5.41) is 2.86. The van der Waals surface area contributed by atoms with Gasteiger partial charge in [-0.25, -0.2) is 0 Å². The molecule has 2 aromatic rings. The van der Waals surface area contributed by atoms with Crippen molar-refractivity contribution in [2.75, 3.05) is 6.54 Å². The van der Waals surface area contributed by atoms with Gasteiger partial charge < -0.3 is 15.5 Å². The minimum Gasteiger partial charge on any atom is -0.466 e. The standard InChI is InChI=1S/C16H18N2O2/c1-9-7-13(10(2)20-9)15(17)12-4-3-11-5-6-18-16(19)14(11)8-12/h3-4,7-8,15H,5-6,17H2,1-2H3,(H,18,19). The molecule has 3 N–H and O–H groups in total. The van der Waals surface area contributed by atoms with Crippen LogP contribution < -0.4 is 11.1 Å². The molecule has 4 nitrogen and oxygen atoms in total. The molecule has 0 spiro atoms. The smallest absolute Gasteiger partial charge is 0.251 e. The van der Waals surface area contributed by atoms with Crippen LogP contribution in [0.1, 0.15) is 44.6 Å². The molecule has 0 saturated carbocycles. The first kappa shape index (κ1) is 12.9. The van der Waals surface area contributed by atoms with E-state index in [0.717, 1.165) is 40.2 Å². The van der Waals surface area contributed by atoms with Gasteiger partial charge in [0.15, 0.2) is 0 Å². The van der Waals surface area contributed by atoms with Crippen molar-refractivity contribution in [2.45, 2.75) is 26.3 Å². The van der Waals surface area contributed by atoms with Crippen molar-refractivity contribution in [3.05, 3.63) is 58.0 Å². The number of fused-ring (bicyclic) bond motifs is 1. The second-order valence-electron chi connectivity index (χ2n) is 5.27. The van der Waals surface area contributed by atoms with Crippen LogP contribution in [0.5, 0.6) is 0 Å². The summed E-state index contributed by atoms with van der Waals surface area (Å²) in [6.07, 6.45) is 0.875. The number of nitrogens with two attached hydrogens (primary N) is 1. The Hall–Kier alpha value is -2.07. The van der Waals surface area contributed by atoms with Crippen LogP contribution in [0.2, 0.25) is 0 Å². The van der Waals surface area contributed by atoms with Crippen molar-refractivity contribution in [3.63, 3.8) is 0 Å². The molecule has 1 aliphatic rings. The quantitative estimate of drug-likeness (QED) is 0.879. The second-order valence-corrected chi connectivity index (χ2v) is 5.27. The molecule has 1 unspecified atom stereocenters. The number of hydrogen-bond donors (Lipinski definition) is 2. The van der Waals surface area contributed by atoms with E-state index in [9.17, 15) is 4.79 Å². The third-order valence-corrected chi connectivity index (χ3v) is 3.83. The highest BCUT2D eigenvalue weighted by molar-refractivity contribution is 5.96. The summed E-state index contributed by atoms with van der Waals surface area (Å²) in [6.45, 7) is 4.52. The van der Waals surface area contributed by atoms with E-state index in [1.165, 1.54) is 0 Å². The number of furan rings is 1. The molecule has 4 heteroatoms. The Morgan fingerprint density at radius 1 is 1.30 bits per heavy atom. The van der Waals surface area contributed by atoms with Gasteiger partial charge in [-0.05, 0) is 43.5 Å². The van der Waals surface area contributed by atoms with E-state index in [-0.39, 0.29) is 11.9 Å². The number of carbonyl (C=O) groups is 1. The zero-order chi connectivity index (χ0) is 14.3. The fraction of sp³-hybridized carbons (Fsp3) is 0.312. The lowest BCUT2D eigenvalue weighted by molar-refractivity contribution is 0.0946. The number of hydrogen-bond acceptors (Lipinski definition) is 3. The van der Waals surface area contributed by atoms with Gasteiger partial charge in [0.25, 0.3) is 5.91 Å². The van der Waals surface area contributed by atoms with Gasteiger partial charge in [0.2, 0.25) is 0 Å². The third-order valence-electron chi connectivity index (χ3n) is 3.83. The largest absolute Gasteiger partial charge is 0.466 e. The zero-order valence-electron chi connectivity index (χ0n) is 11.7. The molecule has 1 atom stereocenters. The van der Waals surface area contributed by atoms with E-state index in [4.69, 9.17) is 10.2 Å². The lowest BCUT2D eigenvalue weighted by Crippen LogP contribution is -2.32. The molecule has 0 fully saturated rings. The first-order chi connectivity index (χ1) is 9.56. The van der Waals surface area contributed by atoms with Gasteiger partial charge in [0.05, 0.1) is 6.04 Å². The maximum absolute atomic E-state index is 11.9. The monoisotopic (exact) mass is 270 g/mol. The molecular formula is C16H18N2O2. The fourth-order valence-electron chi connectivity index (χ4n) is 2.76. The van der Waals surface area contributed by atoms with Gasteiger partial charge in [0, 0.05) is 17.7 Å². The predicted octanol–water partition coefficient (Wildman–Crippen LogP) is 2.23. The molecule has 2 heterocycles.